The van der Waals surface area contributed by atoms with E-state index in [1.54, 1.807) is 42.5 Å². The zero-order valence-corrected chi connectivity index (χ0v) is 20.8. The standard InChI is InChI=1S/C23H30N2O5SSi/c1-23(2,3)32(4,5)25-21(27)20(22(25)31(28,29)18-14-10-7-11-15-18)24-19(26)16-30-17-12-8-6-9-13-17/h6-15,20,22H,16H2,1-5H3,(H,24,26)/t20-,22+/m1/s1. The Kier molecular flexibility index (Phi) is 6.53. The van der Waals surface area contributed by atoms with E-state index >= 15 is 0 Å². The Bertz CT molecular complexity index is 1080. The second kappa shape index (κ2) is 8.71. The number of rotatable bonds is 7. The number of nitrogens with one attached hydrogen (secondary N) is 1. The van der Waals surface area contributed by atoms with Gasteiger partial charge >= 0.3 is 0 Å². The van der Waals surface area contributed by atoms with Gasteiger partial charge in [-0.05, 0) is 29.3 Å². The SMILES string of the molecule is CC(C)(C)[Si](C)(C)N1C(=O)[C@@H](NC(=O)COc2ccccc2)[C@@H]1S(=O)(=O)c1ccccc1. The van der Waals surface area contributed by atoms with Crippen LogP contribution in [-0.2, 0) is 19.4 Å². The molecule has 1 aliphatic heterocycles. The fraction of sp³-hybridized carbons (Fsp3) is 0.391. The van der Waals surface area contributed by atoms with E-state index in [-0.39, 0.29) is 22.4 Å². The van der Waals surface area contributed by atoms with E-state index in [1.807, 2.05) is 39.9 Å². The predicted molar refractivity (Wildman–Crippen MR) is 125 cm³/mol. The zero-order valence-electron chi connectivity index (χ0n) is 19.0. The van der Waals surface area contributed by atoms with Crippen molar-refractivity contribution in [3.05, 3.63) is 60.7 Å². The second-order valence-electron chi connectivity index (χ2n) is 9.41. The predicted octanol–water partition coefficient (Wildman–Crippen LogP) is 3.20. The highest BCUT2D eigenvalue weighted by Crippen LogP contribution is 2.45. The number of β-lactam (4-membered cyclic amide) rings is 1. The van der Waals surface area contributed by atoms with E-state index in [0.717, 1.165) is 0 Å². The lowest BCUT2D eigenvalue weighted by molar-refractivity contribution is -0.143. The van der Waals surface area contributed by atoms with Crippen LogP contribution in [0.5, 0.6) is 5.75 Å². The number of ether oxygens (including phenoxy) is 1. The monoisotopic (exact) mass is 474 g/mol. The highest BCUT2D eigenvalue weighted by Gasteiger charge is 2.62. The summed E-state index contributed by atoms with van der Waals surface area (Å²) in [5, 5.41) is 1.18. The highest BCUT2D eigenvalue weighted by molar-refractivity contribution is 7.92. The summed E-state index contributed by atoms with van der Waals surface area (Å²) < 4.78 is 34.1. The Labute approximate surface area is 190 Å². The summed E-state index contributed by atoms with van der Waals surface area (Å²) in [6, 6.07) is 15.7. The van der Waals surface area contributed by atoms with Crippen molar-refractivity contribution in [1.29, 1.82) is 0 Å². The summed E-state index contributed by atoms with van der Waals surface area (Å²) in [4.78, 5) is 25.9. The number of hydrogen-bond acceptors (Lipinski definition) is 5. The lowest BCUT2D eigenvalue weighted by Gasteiger charge is -2.57. The number of nitrogens with zero attached hydrogens (tertiary/aromatic N) is 1. The van der Waals surface area contributed by atoms with Gasteiger partial charge in [-0.25, -0.2) is 8.42 Å². The molecule has 9 heteroatoms. The second-order valence-corrected chi connectivity index (χ2v) is 16.6. The van der Waals surface area contributed by atoms with Gasteiger partial charge in [-0.3, -0.25) is 9.59 Å². The molecule has 0 saturated carbocycles. The molecule has 32 heavy (non-hydrogen) atoms. The Hall–Kier alpha value is -2.65. The fourth-order valence-electron chi connectivity index (χ4n) is 3.50. The fourth-order valence-corrected chi connectivity index (χ4v) is 8.64. The van der Waals surface area contributed by atoms with E-state index in [2.05, 4.69) is 5.32 Å². The molecule has 7 nitrogen and oxygen atoms in total. The van der Waals surface area contributed by atoms with Crippen LogP contribution in [0.2, 0.25) is 18.1 Å². The molecule has 2 aromatic carbocycles. The van der Waals surface area contributed by atoms with E-state index in [1.165, 1.54) is 16.7 Å². The van der Waals surface area contributed by atoms with Crippen LogP contribution in [0.15, 0.2) is 65.6 Å². The number of hydrogen-bond donors (Lipinski definition) is 1. The van der Waals surface area contributed by atoms with Crippen LogP contribution in [0, 0.1) is 0 Å². The first-order chi connectivity index (χ1) is 14.9. The van der Waals surface area contributed by atoms with Crippen molar-refractivity contribution in [3.8, 4) is 5.75 Å². The molecule has 3 rings (SSSR count). The number of sulfone groups is 1. The maximum atomic E-state index is 13.6. The third-order valence-corrected chi connectivity index (χ3v) is 13.9. The normalized spacial score (nSPS) is 19.3. The molecule has 1 fully saturated rings. The molecule has 0 bridgehead atoms. The van der Waals surface area contributed by atoms with Gasteiger partial charge in [-0.15, -0.1) is 0 Å². The molecule has 0 aliphatic carbocycles. The Balaban J connectivity index is 1.88. The van der Waals surface area contributed by atoms with Crippen molar-refractivity contribution in [3.63, 3.8) is 0 Å². The molecule has 0 radical (unpaired) electrons. The highest BCUT2D eigenvalue weighted by atomic mass is 32.2. The third-order valence-electron chi connectivity index (χ3n) is 6.30. The van der Waals surface area contributed by atoms with Crippen LogP contribution in [0.25, 0.3) is 0 Å². The molecule has 0 aromatic heterocycles. The van der Waals surface area contributed by atoms with Crippen LogP contribution < -0.4 is 10.1 Å². The quantitative estimate of drug-likeness (QED) is 0.491. The van der Waals surface area contributed by atoms with Gasteiger partial charge in [0.2, 0.25) is 15.7 Å². The third kappa shape index (κ3) is 4.45. The number of carbonyl (C=O) groups is 2. The molecule has 172 valence electrons. The van der Waals surface area contributed by atoms with Gasteiger partial charge in [-0.1, -0.05) is 70.3 Å². The van der Waals surface area contributed by atoms with E-state index < -0.39 is 35.4 Å². The minimum Gasteiger partial charge on any atom is -0.484 e. The van der Waals surface area contributed by atoms with Gasteiger partial charge in [0.1, 0.15) is 11.8 Å². The molecule has 1 heterocycles. The molecule has 1 N–H and O–H groups in total. The first kappa shape index (κ1) is 24.0. The van der Waals surface area contributed by atoms with Crippen LogP contribution in [0.4, 0.5) is 0 Å². The van der Waals surface area contributed by atoms with Crippen LogP contribution in [0.1, 0.15) is 20.8 Å². The summed E-state index contributed by atoms with van der Waals surface area (Å²) in [5.41, 5.74) is 0. The molecule has 1 aliphatic rings. The Morgan fingerprint density at radius 1 is 1.03 bits per heavy atom. The molecule has 0 spiro atoms. The average Bonchev–Trinajstić information content (AvgIpc) is 2.74. The number of amides is 2. The largest absolute Gasteiger partial charge is 0.484 e. The number of carbonyl (C=O) groups excluding carboxylic acids is 2. The van der Waals surface area contributed by atoms with E-state index in [0.29, 0.717) is 5.75 Å². The summed E-state index contributed by atoms with van der Waals surface area (Å²) >= 11 is 0. The van der Waals surface area contributed by atoms with Crippen molar-refractivity contribution >= 4 is 29.9 Å². The molecular weight excluding hydrogens is 444 g/mol. The molecule has 2 atom stereocenters. The number of benzene rings is 2. The van der Waals surface area contributed by atoms with Crippen molar-refractivity contribution < 1.29 is 22.7 Å². The minimum atomic E-state index is -3.91. The molecule has 2 amide bonds. The van der Waals surface area contributed by atoms with Gasteiger partial charge in [-0.2, -0.15) is 0 Å². The van der Waals surface area contributed by atoms with Crippen molar-refractivity contribution in [1.82, 2.24) is 9.88 Å². The Morgan fingerprint density at radius 2 is 1.56 bits per heavy atom. The lowest BCUT2D eigenvalue weighted by Crippen LogP contribution is -2.80. The van der Waals surface area contributed by atoms with Gasteiger partial charge in [0, 0.05) is 0 Å². The summed E-state index contributed by atoms with van der Waals surface area (Å²) in [6.07, 6.45) is 0. The van der Waals surface area contributed by atoms with E-state index in [4.69, 9.17) is 4.74 Å². The summed E-state index contributed by atoms with van der Waals surface area (Å²) in [5.74, 6) is -0.400. The van der Waals surface area contributed by atoms with Gasteiger partial charge in [0.15, 0.2) is 20.2 Å². The molecule has 0 unspecified atom stereocenters. The summed E-state index contributed by atoms with van der Waals surface area (Å²) in [7, 11) is -6.44. The maximum absolute atomic E-state index is 13.6. The van der Waals surface area contributed by atoms with Gasteiger partial charge < -0.3 is 14.6 Å². The first-order valence-electron chi connectivity index (χ1n) is 10.5. The van der Waals surface area contributed by atoms with Crippen molar-refractivity contribution in [2.75, 3.05) is 6.61 Å². The average molecular weight is 475 g/mol. The molecular formula is C23H30N2O5SSi. The first-order valence-corrected chi connectivity index (χ1v) is 15.0. The zero-order chi connectivity index (χ0) is 23.7. The number of para-hydroxylation sites is 1. The van der Waals surface area contributed by atoms with Gasteiger partial charge in [0.05, 0.1) is 4.90 Å². The molecule has 1 saturated heterocycles. The maximum Gasteiger partial charge on any atom is 0.258 e. The van der Waals surface area contributed by atoms with Crippen molar-refractivity contribution in [2.24, 2.45) is 0 Å². The Morgan fingerprint density at radius 3 is 2.09 bits per heavy atom. The van der Waals surface area contributed by atoms with Crippen LogP contribution in [-0.4, -0.2) is 51.1 Å². The summed E-state index contributed by atoms with van der Waals surface area (Å²) in [6.45, 7) is 9.69. The van der Waals surface area contributed by atoms with Crippen LogP contribution in [0.3, 0.4) is 0 Å². The van der Waals surface area contributed by atoms with E-state index in [9.17, 15) is 18.0 Å². The lowest BCUT2D eigenvalue weighted by atomic mass is 10.1. The topological polar surface area (TPSA) is 92.8 Å². The van der Waals surface area contributed by atoms with Crippen molar-refractivity contribution in [2.45, 2.75) is 55.2 Å². The van der Waals surface area contributed by atoms with Gasteiger partial charge in [0.25, 0.3) is 5.91 Å². The smallest absolute Gasteiger partial charge is 0.258 e. The minimum absolute atomic E-state index is 0.126. The molecule has 2 aromatic rings. The van der Waals surface area contributed by atoms with Crippen LogP contribution >= 0.6 is 0 Å².